The summed E-state index contributed by atoms with van der Waals surface area (Å²) in [5, 5.41) is 0.393. The van der Waals surface area contributed by atoms with E-state index in [0.717, 1.165) is 19.6 Å². The minimum Gasteiger partial charge on any atom is -0.336 e. The number of piperazine rings is 1. The normalized spacial score (nSPS) is 14.9. The molecular formula is C24H27FN4O3. The van der Waals surface area contributed by atoms with Crippen molar-refractivity contribution in [1.29, 1.82) is 0 Å². The number of aromatic amines is 1. The van der Waals surface area contributed by atoms with Crippen LogP contribution in [0, 0.1) is 11.7 Å². The van der Waals surface area contributed by atoms with Crippen molar-refractivity contribution in [2.75, 3.05) is 32.7 Å². The number of hydrogen-bond acceptors (Lipinski definition) is 4. The SMILES string of the molecule is CC(C)CN1CCN(C(=O)c2cc(Cn3c(=O)[nH]c(=O)c4ccccc43)ccc2F)CC1. The topological polar surface area (TPSA) is 78.4 Å². The van der Waals surface area contributed by atoms with Gasteiger partial charge in [0.1, 0.15) is 5.82 Å². The van der Waals surface area contributed by atoms with E-state index in [0.29, 0.717) is 35.5 Å². The fourth-order valence-corrected chi connectivity index (χ4v) is 4.24. The maximum Gasteiger partial charge on any atom is 0.329 e. The molecule has 0 bridgehead atoms. The number of nitrogens with one attached hydrogen (secondary N) is 1. The van der Waals surface area contributed by atoms with Gasteiger partial charge in [0.15, 0.2) is 0 Å². The summed E-state index contributed by atoms with van der Waals surface area (Å²) >= 11 is 0. The lowest BCUT2D eigenvalue weighted by atomic mass is 10.1. The van der Waals surface area contributed by atoms with Crippen molar-refractivity contribution < 1.29 is 9.18 Å². The largest absolute Gasteiger partial charge is 0.336 e. The van der Waals surface area contributed by atoms with Crippen molar-refractivity contribution in [3.8, 4) is 0 Å². The number of hydrogen-bond donors (Lipinski definition) is 1. The molecule has 1 aliphatic heterocycles. The standard InChI is InChI=1S/C24H27FN4O3/c1-16(2)14-27-9-11-28(12-10-27)23(31)19-13-17(7-8-20(19)25)15-29-21-6-4-3-5-18(21)22(30)26-24(29)32/h3-8,13,16H,9-12,14-15H2,1-2H3,(H,26,30,32). The number of carbonyl (C=O) groups is 1. The van der Waals surface area contributed by atoms with Crippen LogP contribution in [0.2, 0.25) is 0 Å². The van der Waals surface area contributed by atoms with E-state index < -0.39 is 17.1 Å². The number of amides is 1. The molecule has 1 amide bonds. The van der Waals surface area contributed by atoms with Gasteiger partial charge in [0.2, 0.25) is 0 Å². The van der Waals surface area contributed by atoms with Crippen molar-refractivity contribution in [3.05, 3.63) is 80.2 Å². The molecule has 1 fully saturated rings. The van der Waals surface area contributed by atoms with Gasteiger partial charge in [-0.2, -0.15) is 0 Å². The molecule has 1 aliphatic rings. The Morgan fingerprint density at radius 3 is 2.50 bits per heavy atom. The van der Waals surface area contributed by atoms with Gasteiger partial charge in [-0.05, 0) is 35.7 Å². The van der Waals surface area contributed by atoms with E-state index in [-0.39, 0.29) is 18.0 Å². The summed E-state index contributed by atoms with van der Waals surface area (Å²) in [6.07, 6.45) is 0. The van der Waals surface area contributed by atoms with Crippen LogP contribution in [-0.2, 0) is 6.54 Å². The number of carbonyl (C=O) groups excluding carboxylic acids is 1. The second-order valence-electron chi connectivity index (χ2n) is 8.66. The Labute approximate surface area is 185 Å². The molecule has 0 aliphatic carbocycles. The van der Waals surface area contributed by atoms with Gasteiger partial charge in [0.25, 0.3) is 11.5 Å². The van der Waals surface area contributed by atoms with Crippen LogP contribution < -0.4 is 11.2 Å². The minimum absolute atomic E-state index is 0.00147. The van der Waals surface area contributed by atoms with Crippen LogP contribution in [-0.4, -0.2) is 58.0 Å². The van der Waals surface area contributed by atoms with Crippen molar-refractivity contribution >= 4 is 16.8 Å². The van der Waals surface area contributed by atoms with Gasteiger partial charge in [-0.15, -0.1) is 0 Å². The lowest BCUT2D eigenvalue weighted by Gasteiger charge is -2.35. The molecule has 0 atom stereocenters. The average molecular weight is 439 g/mol. The molecule has 0 saturated carbocycles. The van der Waals surface area contributed by atoms with Crippen molar-refractivity contribution in [3.63, 3.8) is 0 Å². The van der Waals surface area contributed by atoms with Crippen LogP contribution in [0.15, 0.2) is 52.1 Å². The molecule has 1 saturated heterocycles. The predicted molar refractivity (Wildman–Crippen MR) is 122 cm³/mol. The number of halogens is 1. The third-order valence-corrected chi connectivity index (χ3v) is 5.79. The Morgan fingerprint density at radius 1 is 1.06 bits per heavy atom. The molecule has 7 nitrogen and oxygen atoms in total. The number of benzene rings is 2. The van der Waals surface area contributed by atoms with Gasteiger partial charge in [0, 0.05) is 32.7 Å². The molecule has 1 aromatic heterocycles. The number of H-pyrrole nitrogens is 1. The van der Waals surface area contributed by atoms with E-state index in [4.69, 9.17) is 0 Å². The molecule has 168 valence electrons. The highest BCUT2D eigenvalue weighted by Gasteiger charge is 2.24. The van der Waals surface area contributed by atoms with Crippen molar-refractivity contribution in [1.82, 2.24) is 19.4 Å². The van der Waals surface area contributed by atoms with E-state index in [9.17, 15) is 18.8 Å². The van der Waals surface area contributed by atoms with E-state index in [1.807, 2.05) is 0 Å². The molecule has 0 spiro atoms. The third-order valence-electron chi connectivity index (χ3n) is 5.79. The zero-order valence-electron chi connectivity index (χ0n) is 18.3. The van der Waals surface area contributed by atoms with Gasteiger partial charge in [-0.3, -0.25) is 24.0 Å². The van der Waals surface area contributed by atoms with Crippen molar-refractivity contribution in [2.24, 2.45) is 5.92 Å². The van der Waals surface area contributed by atoms with Gasteiger partial charge >= 0.3 is 5.69 Å². The Morgan fingerprint density at radius 2 is 1.78 bits per heavy atom. The molecule has 2 heterocycles. The Bertz CT molecular complexity index is 1260. The molecule has 4 rings (SSSR count). The van der Waals surface area contributed by atoms with Gasteiger partial charge in [-0.1, -0.05) is 32.0 Å². The summed E-state index contributed by atoms with van der Waals surface area (Å²) in [6, 6.07) is 11.1. The van der Waals surface area contributed by atoms with Crippen molar-refractivity contribution in [2.45, 2.75) is 20.4 Å². The van der Waals surface area contributed by atoms with E-state index >= 15 is 0 Å². The predicted octanol–water partition coefficient (Wildman–Crippen LogP) is 2.29. The first-order valence-corrected chi connectivity index (χ1v) is 10.9. The zero-order valence-corrected chi connectivity index (χ0v) is 18.3. The fourth-order valence-electron chi connectivity index (χ4n) is 4.24. The van der Waals surface area contributed by atoms with Gasteiger partial charge in [0.05, 0.1) is 23.0 Å². The summed E-state index contributed by atoms with van der Waals surface area (Å²) in [4.78, 5) is 43.9. The zero-order chi connectivity index (χ0) is 22.8. The summed E-state index contributed by atoms with van der Waals surface area (Å²) in [6.45, 7) is 8.06. The molecule has 8 heteroatoms. The number of aromatic nitrogens is 2. The minimum atomic E-state index is -0.581. The first kappa shape index (κ1) is 22.0. The first-order chi connectivity index (χ1) is 15.3. The molecule has 0 radical (unpaired) electrons. The van der Waals surface area contributed by atoms with Gasteiger partial charge in [-0.25, -0.2) is 9.18 Å². The molecule has 0 unspecified atom stereocenters. The van der Waals surface area contributed by atoms with Crippen LogP contribution in [0.1, 0.15) is 29.8 Å². The molecule has 32 heavy (non-hydrogen) atoms. The van der Waals surface area contributed by atoms with E-state index in [1.54, 1.807) is 35.2 Å². The molecular weight excluding hydrogens is 411 g/mol. The molecule has 1 N–H and O–H groups in total. The van der Waals surface area contributed by atoms with Crippen LogP contribution in [0.3, 0.4) is 0 Å². The van der Waals surface area contributed by atoms with Crippen LogP contribution in [0.25, 0.3) is 10.9 Å². The first-order valence-electron chi connectivity index (χ1n) is 10.9. The summed E-state index contributed by atoms with van der Waals surface area (Å²) in [5.41, 5.74) is 0.0921. The molecule has 2 aromatic carbocycles. The Balaban J connectivity index is 1.58. The summed E-state index contributed by atoms with van der Waals surface area (Å²) in [7, 11) is 0. The molecule has 3 aromatic rings. The average Bonchev–Trinajstić information content (AvgIpc) is 2.77. The highest BCUT2D eigenvalue weighted by atomic mass is 19.1. The maximum absolute atomic E-state index is 14.6. The monoisotopic (exact) mass is 438 g/mol. The Hall–Kier alpha value is -3.26. The van der Waals surface area contributed by atoms with E-state index in [2.05, 4.69) is 23.7 Å². The van der Waals surface area contributed by atoms with Crippen LogP contribution in [0.4, 0.5) is 4.39 Å². The number of fused-ring (bicyclic) bond motifs is 1. The lowest BCUT2D eigenvalue weighted by molar-refractivity contribution is 0.0619. The highest BCUT2D eigenvalue weighted by molar-refractivity contribution is 5.94. The second-order valence-corrected chi connectivity index (χ2v) is 8.66. The summed E-state index contributed by atoms with van der Waals surface area (Å²) < 4.78 is 16.0. The second kappa shape index (κ2) is 9.08. The fraction of sp³-hybridized carbons (Fsp3) is 0.375. The smallest absolute Gasteiger partial charge is 0.329 e. The quantitative estimate of drug-likeness (QED) is 0.663. The lowest BCUT2D eigenvalue weighted by Crippen LogP contribution is -2.49. The van der Waals surface area contributed by atoms with Gasteiger partial charge < -0.3 is 4.90 Å². The summed E-state index contributed by atoms with van der Waals surface area (Å²) in [5.74, 6) is -0.368. The van der Waals surface area contributed by atoms with E-state index in [1.165, 1.54) is 16.7 Å². The highest BCUT2D eigenvalue weighted by Crippen LogP contribution is 2.17. The Kier molecular flexibility index (Phi) is 6.23. The number of nitrogens with zero attached hydrogens (tertiary/aromatic N) is 3. The maximum atomic E-state index is 14.6. The number of para-hydroxylation sites is 1. The van der Waals surface area contributed by atoms with Crippen LogP contribution >= 0.6 is 0 Å². The number of rotatable bonds is 5. The third kappa shape index (κ3) is 4.50. The van der Waals surface area contributed by atoms with Crippen LogP contribution in [0.5, 0.6) is 0 Å².